The zero-order chi connectivity index (χ0) is 15.4. The Morgan fingerprint density at radius 3 is 2.57 bits per heavy atom. The highest BCUT2D eigenvalue weighted by Gasteiger charge is 2.10. The van der Waals surface area contributed by atoms with Crippen molar-refractivity contribution in [2.24, 2.45) is 7.05 Å². The van der Waals surface area contributed by atoms with Crippen LogP contribution in [0.5, 0.6) is 11.5 Å². The predicted molar refractivity (Wildman–Crippen MR) is 85.7 cm³/mol. The van der Waals surface area contributed by atoms with E-state index in [2.05, 4.69) is 26.3 Å². The maximum atomic E-state index is 5.35. The monoisotopic (exact) mass is 353 g/mol. The minimum Gasteiger partial charge on any atom is -0.493 e. The van der Waals surface area contributed by atoms with Crippen LogP contribution in [0, 0.1) is 6.92 Å². The van der Waals surface area contributed by atoms with Crippen molar-refractivity contribution >= 4 is 15.9 Å². The summed E-state index contributed by atoms with van der Waals surface area (Å²) in [5, 5.41) is 7.75. The Bertz CT molecular complexity index is 626. The summed E-state index contributed by atoms with van der Waals surface area (Å²) in [5.41, 5.74) is 3.39. The SMILES string of the molecule is COc1cc(CNCc2cn(C)nc2C)cc(Br)c1OC. The van der Waals surface area contributed by atoms with Crippen LogP contribution in [0.15, 0.2) is 22.8 Å². The molecule has 0 fully saturated rings. The lowest BCUT2D eigenvalue weighted by atomic mass is 10.2. The molecule has 0 bridgehead atoms. The highest BCUT2D eigenvalue weighted by atomic mass is 79.9. The minimum absolute atomic E-state index is 0.712. The summed E-state index contributed by atoms with van der Waals surface area (Å²) in [6.07, 6.45) is 2.03. The second-order valence-corrected chi connectivity index (χ2v) is 5.68. The number of methoxy groups -OCH3 is 2. The van der Waals surface area contributed by atoms with Gasteiger partial charge in [-0.15, -0.1) is 0 Å². The largest absolute Gasteiger partial charge is 0.493 e. The van der Waals surface area contributed by atoms with Gasteiger partial charge in [0.1, 0.15) is 0 Å². The third-order valence-electron chi connectivity index (χ3n) is 3.25. The van der Waals surface area contributed by atoms with E-state index in [0.29, 0.717) is 5.75 Å². The van der Waals surface area contributed by atoms with E-state index in [1.54, 1.807) is 14.2 Å². The fourth-order valence-electron chi connectivity index (χ4n) is 2.24. The van der Waals surface area contributed by atoms with Crippen molar-refractivity contribution in [2.75, 3.05) is 14.2 Å². The van der Waals surface area contributed by atoms with Gasteiger partial charge in [0, 0.05) is 31.9 Å². The lowest BCUT2D eigenvalue weighted by Gasteiger charge is -2.12. The Balaban J connectivity index is 2.03. The van der Waals surface area contributed by atoms with Gasteiger partial charge in [-0.25, -0.2) is 0 Å². The molecule has 0 aliphatic carbocycles. The minimum atomic E-state index is 0.712. The number of benzene rings is 1. The Labute approximate surface area is 133 Å². The van der Waals surface area contributed by atoms with Gasteiger partial charge < -0.3 is 14.8 Å². The summed E-state index contributed by atoms with van der Waals surface area (Å²) in [6, 6.07) is 4.01. The molecule has 1 aromatic carbocycles. The zero-order valence-corrected chi connectivity index (χ0v) is 14.3. The van der Waals surface area contributed by atoms with Crippen molar-refractivity contribution in [3.63, 3.8) is 0 Å². The van der Waals surface area contributed by atoms with Gasteiger partial charge in [-0.3, -0.25) is 4.68 Å². The maximum absolute atomic E-state index is 5.35. The third kappa shape index (κ3) is 3.77. The predicted octanol–water partition coefficient (Wildman–Crippen LogP) is 2.80. The maximum Gasteiger partial charge on any atom is 0.174 e. The lowest BCUT2D eigenvalue weighted by molar-refractivity contribution is 0.352. The van der Waals surface area contributed by atoms with E-state index < -0.39 is 0 Å². The number of hydrogen-bond donors (Lipinski definition) is 1. The highest BCUT2D eigenvalue weighted by Crippen LogP contribution is 2.36. The molecule has 2 aromatic rings. The molecule has 0 saturated carbocycles. The van der Waals surface area contributed by atoms with E-state index in [9.17, 15) is 0 Å². The molecule has 2 rings (SSSR count). The number of aryl methyl sites for hydroxylation is 2. The van der Waals surface area contributed by atoms with Gasteiger partial charge in [-0.1, -0.05) is 0 Å². The van der Waals surface area contributed by atoms with Crippen LogP contribution in [0.1, 0.15) is 16.8 Å². The molecule has 0 unspecified atom stereocenters. The quantitative estimate of drug-likeness (QED) is 0.867. The van der Waals surface area contributed by atoms with Gasteiger partial charge in [-0.05, 0) is 40.5 Å². The van der Waals surface area contributed by atoms with Gasteiger partial charge >= 0.3 is 0 Å². The Kier molecular flexibility index (Phi) is 5.25. The molecule has 1 N–H and O–H groups in total. The van der Waals surface area contributed by atoms with E-state index in [1.807, 2.05) is 37.0 Å². The average Bonchev–Trinajstić information content (AvgIpc) is 2.76. The second kappa shape index (κ2) is 6.95. The van der Waals surface area contributed by atoms with Gasteiger partial charge in [-0.2, -0.15) is 5.10 Å². The molecule has 1 aromatic heterocycles. The number of hydrogen-bond acceptors (Lipinski definition) is 4. The summed E-state index contributed by atoms with van der Waals surface area (Å²) >= 11 is 3.50. The summed E-state index contributed by atoms with van der Waals surface area (Å²) in [7, 11) is 5.20. The first kappa shape index (κ1) is 15.9. The molecule has 5 nitrogen and oxygen atoms in total. The first-order chi connectivity index (χ1) is 10.0. The molecule has 0 amide bonds. The molecule has 0 saturated heterocycles. The lowest BCUT2D eigenvalue weighted by Crippen LogP contribution is -2.13. The van der Waals surface area contributed by atoms with Crippen LogP contribution in [0.3, 0.4) is 0 Å². The van der Waals surface area contributed by atoms with Crippen molar-refractivity contribution in [2.45, 2.75) is 20.0 Å². The molecule has 0 aliphatic heterocycles. The van der Waals surface area contributed by atoms with Crippen LogP contribution in [0.25, 0.3) is 0 Å². The van der Waals surface area contributed by atoms with Crippen molar-refractivity contribution in [3.05, 3.63) is 39.6 Å². The van der Waals surface area contributed by atoms with E-state index >= 15 is 0 Å². The van der Waals surface area contributed by atoms with Crippen molar-refractivity contribution < 1.29 is 9.47 Å². The number of nitrogens with zero attached hydrogens (tertiary/aromatic N) is 2. The van der Waals surface area contributed by atoms with Crippen molar-refractivity contribution in [1.82, 2.24) is 15.1 Å². The molecule has 0 spiro atoms. The van der Waals surface area contributed by atoms with Gasteiger partial charge in [0.05, 0.1) is 24.4 Å². The topological polar surface area (TPSA) is 48.3 Å². The number of rotatable bonds is 6. The standard InChI is InChI=1S/C15H20BrN3O2/c1-10-12(9-19(2)18-10)8-17-7-11-5-13(16)15(21-4)14(6-11)20-3/h5-6,9,17H,7-8H2,1-4H3. The molecule has 0 radical (unpaired) electrons. The summed E-state index contributed by atoms with van der Waals surface area (Å²) in [5.74, 6) is 1.44. The van der Waals surface area contributed by atoms with Gasteiger partial charge in [0.2, 0.25) is 0 Å². The van der Waals surface area contributed by atoms with E-state index in [-0.39, 0.29) is 0 Å². The van der Waals surface area contributed by atoms with Crippen LogP contribution in [0.2, 0.25) is 0 Å². The van der Waals surface area contributed by atoms with Crippen molar-refractivity contribution in [1.29, 1.82) is 0 Å². The molecule has 6 heteroatoms. The Morgan fingerprint density at radius 2 is 2.00 bits per heavy atom. The number of aromatic nitrogens is 2. The molecule has 0 atom stereocenters. The second-order valence-electron chi connectivity index (χ2n) is 4.83. The Morgan fingerprint density at radius 1 is 1.24 bits per heavy atom. The third-order valence-corrected chi connectivity index (χ3v) is 3.84. The fourth-order valence-corrected chi connectivity index (χ4v) is 2.89. The first-order valence-corrected chi connectivity index (χ1v) is 7.44. The summed E-state index contributed by atoms with van der Waals surface area (Å²) < 4.78 is 13.4. The molecule has 0 aliphatic rings. The van der Waals surface area contributed by atoms with Crippen molar-refractivity contribution in [3.8, 4) is 11.5 Å². The molecular formula is C15H20BrN3O2. The molecular weight excluding hydrogens is 334 g/mol. The summed E-state index contributed by atoms with van der Waals surface area (Å²) in [4.78, 5) is 0. The van der Waals surface area contributed by atoms with Gasteiger partial charge in [0.15, 0.2) is 11.5 Å². The number of ether oxygens (including phenoxy) is 2. The van der Waals surface area contributed by atoms with Crippen LogP contribution >= 0.6 is 15.9 Å². The summed E-state index contributed by atoms with van der Waals surface area (Å²) in [6.45, 7) is 3.54. The normalized spacial score (nSPS) is 10.7. The highest BCUT2D eigenvalue weighted by molar-refractivity contribution is 9.10. The van der Waals surface area contributed by atoms with Crippen LogP contribution < -0.4 is 14.8 Å². The van der Waals surface area contributed by atoms with Gasteiger partial charge in [0.25, 0.3) is 0 Å². The van der Waals surface area contributed by atoms with E-state index in [4.69, 9.17) is 9.47 Å². The average molecular weight is 354 g/mol. The Hall–Kier alpha value is -1.53. The van der Waals surface area contributed by atoms with Crippen LogP contribution in [-0.4, -0.2) is 24.0 Å². The fraction of sp³-hybridized carbons (Fsp3) is 0.400. The zero-order valence-electron chi connectivity index (χ0n) is 12.7. The first-order valence-electron chi connectivity index (χ1n) is 6.65. The van der Waals surface area contributed by atoms with E-state index in [0.717, 1.165) is 34.6 Å². The molecule has 114 valence electrons. The van der Waals surface area contributed by atoms with Crippen LogP contribution in [0.4, 0.5) is 0 Å². The number of nitrogens with one attached hydrogen (secondary N) is 1. The van der Waals surface area contributed by atoms with Crippen LogP contribution in [-0.2, 0) is 20.1 Å². The smallest absolute Gasteiger partial charge is 0.174 e. The van der Waals surface area contributed by atoms with E-state index in [1.165, 1.54) is 5.56 Å². The molecule has 21 heavy (non-hydrogen) atoms. The number of halogens is 1. The molecule has 1 heterocycles.